The second-order valence-electron chi connectivity index (χ2n) is 9.26. The fourth-order valence-electron chi connectivity index (χ4n) is 3.88. The van der Waals surface area contributed by atoms with Crippen LogP contribution in [0.5, 0.6) is 0 Å². The summed E-state index contributed by atoms with van der Waals surface area (Å²) in [5, 5.41) is 2.46. The molecule has 0 unspecified atom stereocenters. The van der Waals surface area contributed by atoms with Gasteiger partial charge >= 0.3 is 0 Å². The number of aromatic nitrogens is 2. The maximum atomic E-state index is 13.5. The van der Waals surface area contributed by atoms with Crippen LogP contribution < -0.4 is 10.2 Å². The first kappa shape index (κ1) is 26.1. The lowest BCUT2D eigenvalue weighted by Gasteiger charge is -2.26. The van der Waals surface area contributed by atoms with Crippen molar-refractivity contribution in [3.05, 3.63) is 101 Å². The van der Waals surface area contributed by atoms with Crippen molar-refractivity contribution in [2.45, 2.75) is 44.9 Å². The zero-order valence-electron chi connectivity index (χ0n) is 21.3. The Morgan fingerprint density at radius 2 is 1.76 bits per heavy atom. The largest absolute Gasteiger partial charge is 0.467 e. The molecule has 0 bridgehead atoms. The molecular formula is C28H30N4O4S. The third kappa shape index (κ3) is 6.42. The van der Waals surface area contributed by atoms with E-state index in [1.807, 2.05) is 48.2 Å². The minimum atomic E-state index is -3.74. The molecule has 8 nitrogen and oxygen atoms in total. The van der Waals surface area contributed by atoms with Crippen LogP contribution in [0, 0.1) is 6.92 Å². The molecule has 2 aromatic heterocycles. The number of furan rings is 1. The Morgan fingerprint density at radius 3 is 2.38 bits per heavy atom. The lowest BCUT2D eigenvalue weighted by atomic mass is 10.0. The minimum absolute atomic E-state index is 0.0379. The van der Waals surface area contributed by atoms with E-state index in [-0.39, 0.29) is 5.69 Å². The first-order valence-electron chi connectivity index (χ1n) is 11.9. The van der Waals surface area contributed by atoms with Crippen molar-refractivity contribution in [1.29, 1.82) is 0 Å². The summed E-state index contributed by atoms with van der Waals surface area (Å²) in [5.74, 6) is 0.550. The third-order valence-electron chi connectivity index (χ3n) is 5.97. The molecule has 0 radical (unpaired) electrons. The highest BCUT2D eigenvalue weighted by molar-refractivity contribution is 7.90. The van der Waals surface area contributed by atoms with E-state index in [0.29, 0.717) is 36.1 Å². The fraction of sp³-hybridized carbons (Fsp3) is 0.250. The van der Waals surface area contributed by atoms with Gasteiger partial charge in [0.15, 0.2) is 5.69 Å². The summed E-state index contributed by atoms with van der Waals surface area (Å²) >= 11 is 0. The highest BCUT2D eigenvalue weighted by atomic mass is 32.2. The molecule has 4 aromatic rings. The average molecular weight is 519 g/mol. The van der Waals surface area contributed by atoms with Gasteiger partial charge < -0.3 is 14.6 Å². The Balaban J connectivity index is 1.77. The van der Waals surface area contributed by atoms with Gasteiger partial charge in [-0.05, 0) is 47.7 Å². The smallest absolute Gasteiger partial charge is 0.276 e. The predicted octanol–water partition coefficient (Wildman–Crippen LogP) is 5.36. The zero-order valence-corrected chi connectivity index (χ0v) is 22.1. The van der Waals surface area contributed by atoms with Crippen LogP contribution in [0.4, 0.5) is 11.4 Å². The molecule has 192 valence electrons. The van der Waals surface area contributed by atoms with Crippen LogP contribution >= 0.6 is 0 Å². The molecule has 0 atom stereocenters. The molecule has 2 heterocycles. The van der Waals surface area contributed by atoms with Crippen molar-refractivity contribution in [1.82, 2.24) is 9.97 Å². The first-order chi connectivity index (χ1) is 17.6. The molecule has 0 aliphatic heterocycles. The molecular weight excluding hydrogens is 488 g/mol. The molecule has 4 rings (SSSR count). The van der Waals surface area contributed by atoms with E-state index >= 15 is 0 Å². The summed E-state index contributed by atoms with van der Waals surface area (Å²) in [6.07, 6.45) is 3.99. The van der Waals surface area contributed by atoms with Gasteiger partial charge in [-0.25, -0.2) is 18.4 Å². The lowest BCUT2D eigenvalue weighted by molar-refractivity contribution is 0.102. The van der Waals surface area contributed by atoms with Crippen molar-refractivity contribution in [3.63, 3.8) is 0 Å². The number of hydrogen-bond donors (Lipinski definition) is 1. The van der Waals surface area contributed by atoms with E-state index in [1.54, 1.807) is 18.4 Å². The van der Waals surface area contributed by atoms with Crippen molar-refractivity contribution < 1.29 is 17.6 Å². The van der Waals surface area contributed by atoms with Crippen LogP contribution in [0.2, 0.25) is 0 Å². The van der Waals surface area contributed by atoms with Crippen LogP contribution in [-0.4, -0.2) is 30.5 Å². The van der Waals surface area contributed by atoms with Crippen LogP contribution in [-0.2, 0) is 22.9 Å². The summed E-state index contributed by atoms with van der Waals surface area (Å²) in [4.78, 5) is 23.7. The molecule has 1 N–H and O–H groups in total. The Morgan fingerprint density at radius 1 is 1.03 bits per heavy atom. The van der Waals surface area contributed by atoms with E-state index in [1.165, 1.54) is 11.8 Å². The number of hydrogen-bond acceptors (Lipinski definition) is 7. The Kier molecular flexibility index (Phi) is 7.73. The third-order valence-corrected chi connectivity index (χ3v) is 6.83. The Hall–Kier alpha value is -3.98. The number of carbonyl (C=O) groups is 1. The molecule has 0 aliphatic carbocycles. The number of sulfone groups is 1. The van der Waals surface area contributed by atoms with Crippen LogP contribution in [0.1, 0.15) is 52.7 Å². The second kappa shape index (κ2) is 11.0. The Bertz CT molecular complexity index is 1480. The maximum Gasteiger partial charge on any atom is 0.276 e. The molecule has 9 heteroatoms. The van der Waals surface area contributed by atoms with Gasteiger partial charge in [0.05, 0.1) is 24.7 Å². The number of nitrogens with zero attached hydrogens (tertiary/aromatic N) is 3. The van der Waals surface area contributed by atoms with Crippen molar-refractivity contribution in [2.24, 2.45) is 0 Å². The van der Waals surface area contributed by atoms with Crippen molar-refractivity contribution in [3.8, 4) is 0 Å². The van der Waals surface area contributed by atoms with Gasteiger partial charge in [-0.15, -0.1) is 0 Å². The monoisotopic (exact) mass is 518 g/mol. The molecule has 1 amide bonds. The topological polar surface area (TPSA) is 105 Å². The summed E-state index contributed by atoms with van der Waals surface area (Å²) in [6, 6.07) is 19.2. The molecule has 0 fully saturated rings. The molecule has 0 saturated heterocycles. The van der Waals surface area contributed by atoms with Gasteiger partial charge in [0.1, 0.15) is 5.76 Å². The first-order valence-corrected chi connectivity index (χ1v) is 13.8. The molecule has 37 heavy (non-hydrogen) atoms. The highest BCUT2D eigenvalue weighted by Gasteiger charge is 2.24. The highest BCUT2D eigenvalue weighted by Crippen LogP contribution is 2.26. The number of aryl methyl sites for hydroxylation is 1. The molecule has 0 spiro atoms. The molecule has 2 aromatic carbocycles. The number of rotatable bonds is 9. The fourth-order valence-corrected chi connectivity index (χ4v) is 4.38. The summed E-state index contributed by atoms with van der Waals surface area (Å²) in [6.45, 7) is 6.90. The number of para-hydroxylation sites is 1. The molecule has 0 saturated carbocycles. The van der Waals surface area contributed by atoms with Gasteiger partial charge in [-0.1, -0.05) is 56.3 Å². The van der Waals surface area contributed by atoms with E-state index in [4.69, 9.17) is 4.42 Å². The normalized spacial score (nSPS) is 11.5. The van der Waals surface area contributed by atoms with Crippen molar-refractivity contribution >= 4 is 27.1 Å². The zero-order chi connectivity index (χ0) is 26.6. The van der Waals surface area contributed by atoms with Gasteiger partial charge in [0, 0.05) is 18.5 Å². The summed E-state index contributed by atoms with van der Waals surface area (Å²) in [5.41, 5.74) is 4.06. The number of benzene rings is 2. The summed E-state index contributed by atoms with van der Waals surface area (Å²) < 4.78 is 30.1. The van der Waals surface area contributed by atoms with Gasteiger partial charge in [-0.2, -0.15) is 0 Å². The lowest BCUT2D eigenvalue weighted by Crippen LogP contribution is -2.27. The molecule has 0 aliphatic rings. The van der Waals surface area contributed by atoms with Gasteiger partial charge in [0.25, 0.3) is 5.91 Å². The van der Waals surface area contributed by atoms with E-state index < -0.39 is 20.9 Å². The van der Waals surface area contributed by atoms with E-state index in [9.17, 15) is 13.2 Å². The van der Waals surface area contributed by atoms with Crippen LogP contribution in [0.3, 0.4) is 0 Å². The van der Waals surface area contributed by atoms with Gasteiger partial charge in [0.2, 0.25) is 15.0 Å². The van der Waals surface area contributed by atoms with E-state index in [0.717, 1.165) is 17.4 Å². The van der Waals surface area contributed by atoms with Crippen LogP contribution in [0.25, 0.3) is 0 Å². The SMILES string of the molecule is Cc1ccccc1NC(=O)c1nc(S(C)(=O)=O)ncc1N(Cc1ccc(C(C)C)cc1)Cc1ccco1. The predicted molar refractivity (Wildman–Crippen MR) is 143 cm³/mol. The standard InChI is InChI=1S/C28H30N4O4S/c1-19(2)22-13-11-21(12-14-22)17-32(18-23-9-7-15-36-23)25-16-29-28(37(4,34)35)31-26(25)27(33)30-24-10-6-5-8-20(24)3/h5-16,19H,17-18H2,1-4H3,(H,30,33). The number of anilines is 2. The summed E-state index contributed by atoms with van der Waals surface area (Å²) in [7, 11) is -3.74. The maximum absolute atomic E-state index is 13.5. The van der Waals surface area contributed by atoms with E-state index in [2.05, 4.69) is 41.3 Å². The van der Waals surface area contributed by atoms with Crippen molar-refractivity contribution in [2.75, 3.05) is 16.5 Å². The average Bonchev–Trinajstić information content (AvgIpc) is 3.37. The second-order valence-corrected chi connectivity index (χ2v) is 11.2. The van der Waals surface area contributed by atoms with Crippen LogP contribution in [0.15, 0.2) is 82.7 Å². The minimum Gasteiger partial charge on any atom is -0.467 e. The number of nitrogens with one attached hydrogen (secondary N) is 1. The quantitative estimate of drug-likeness (QED) is 0.297. The van der Waals surface area contributed by atoms with Gasteiger partial charge in [-0.3, -0.25) is 4.79 Å². The number of carbonyl (C=O) groups excluding carboxylic acids is 1. The Labute approximate surface area is 217 Å². The number of amides is 1.